The number of nitrogens with one attached hydrogen (secondary N) is 3. The maximum absolute atomic E-state index is 12.7. The van der Waals surface area contributed by atoms with Gasteiger partial charge in [0.25, 0.3) is 0 Å². The summed E-state index contributed by atoms with van der Waals surface area (Å²) in [5, 5.41) is 24.4. The highest BCUT2D eigenvalue weighted by Crippen LogP contribution is 2.03. The summed E-state index contributed by atoms with van der Waals surface area (Å²) in [5.74, 6) is -6.34. The van der Waals surface area contributed by atoms with Crippen LogP contribution in [-0.4, -0.2) is 82.5 Å². The summed E-state index contributed by atoms with van der Waals surface area (Å²) >= 11 is 0. The Morgan fingerprint density at radius 1 is 0.853 bits per heavy atom. The van der Waals surface area contributed by atoms with E-state index < -0.39 is 72.6 Å². The van der Waals surface area contributed by atoms with E-state index >= 15 is 0 Å². The van der Waals surface area contributed by atoms with Gasteiger partial charge in [0.05, 0.1) is 12.5 Å². The van der Waals surface area contributed by atoms with Gasteiger partial charge in [-0.15, -0.1) is 0 Å². The second-order valence-electron chi connectivity index (χ2n) is 7.35. The van der Waals surface area contributed by atoms with Gasteiger partial charge in [0.2, 0.25) is 23.6 Å². The van der Waals surface area contributed by atoms with Crippen LogP contribution in [0.3, 0.4) is 0 Å². The van der Waals surface area contributed by atoms with Gasteiger partial charge in [0.1, 0.15) is 18.1 Å². The number of carboxylic acid groups (broad SMARTS) is 2. The minimum absolute atomic E-state index is 0.0178. The number of carboxylic acids is 2. The number of nitrogens with two attached hydrogens (primary N) is 4. The number of primary amides is 1. The van der Waals surface area contributed by atoms with Crippen molar-refractivity contribution in [2.75, 3.05) is 6.54 Å². The van der Waals surface area contributed by atoms with Crippen molar-refractivity contribution in [2.45, 2.75) is 63.2 Å². The molecule has 0 saturated carbocycles. The summed E-state index contributed by atoms with van der Waals surface area (Å²) in [5.41, 5.74) is 21.2. The van der Waals surface area contributed by atoms with Crippen molar-refractivity contribution < 1.29 is 39.0 Å². The van der Waals surface area contributed by atoms with Gasteiger partial charge in [-0.3, -0.25) is 33.8 Å². The van der Waals surface area contributed by atoms with E-state index in [1.807, 2.05) is 0 Å². The van der Waals surface area contributed by atoms with Crippen molar-refractivity contribution in [3.05, 3.63) is 0 Å². The summed E-state index contributed by atoms with van der Waals surface area (Å²) in [6.07, 6.45) is -1.08. The first kappa shape index (κ1) is 30.1. The second-order valence-corrected chi connectivity index (χ2v) is 7.35. The molecule has 13 N–H and O–H groups in total. The van der Waals surface area contributed by atoms with E-state index in [0.717, 1.165) is 0 Å². The maximum Gasteiger partial charge on any atom is 0.325 e. The number of aliphatic carboxylic acids is 2. The van der Waals surface area contributed by atoms with E-state index in [0.29, 0.717) is 0 Å². The molecule has 34 heavy (non-hydrogen) atoms. The first-order valence-corrected chi connectivity index (χ1v) is 10.2. The molecule has 0 aromatic rings. The fourth-order valence-corrected chi connectivity index (χ4v) is 2.52. The maximum atomic E-state index is 12.7. The highest BCUT2D eigenvalue weighted by Gasteiger charge is 2.30. The number of guanidine groups is 1. The van der Waals surface area contributed by atoms with Crippen LogP contribution < -0.4 is 38.9 Å². The summed E-state index contributed by atoms with van der Waals surface area (Å²) in [6.45, 7) is 1.32. The molecule has 0 fully saturated rings. The van der Waals surface area contributed by atoms with Crippen LogP contribution in [0.25, 0.3) is 0 Å². The third kappa shape index (κ3) is 12.8. The predicted octanol–water partition coefficient (Wildman–Crippen LogP) is -4.33. The van der Waals surface area contributed by atoms with Gasteiger partial charge in [-0.2, -0.15) is 0 Å². The van der Waals surface area contributed by atoms with Crippen LogP contribution in [0.5, 0.6) is 0 Å². The Hall–Kier alpha value is -3.95. The van der Waals surface area contributed by atoms with Crippen LogP contribution in [0.1, 0.15) is 39.0 Å². The van der Waals surface area contributed by atoms with Crippen molar-refractivity contribution in [3.63, 3.8) is 0 Å². The minimum atomic E-state index is -1.52. The zero-order valence-corrected chi connectivity index (χ0v) is 18.7. The van der Waals surface area contributed by atoms with Gasteiger partial charge in [-0.1, -0.05) is 0 Å². The summed E-state index contributed by atoms with van der Waals surface area (Å²) in [6, 6.07) is -5.34. The number of rotatable bonds is 16. The van der Waals surface area contributed by atoms with Gasteiger partial charge >= 0.3 is 11.9 Å². The van der Waals surface area contributed by atoms with Gasteiger partial charge in [-0.05, 0) is 26.2 Å². The third-order valence-corrected chi connectivity index (χ3v) is 4.35. The van der Waals surface area contributed by atoms with Crippen molar-refractivity contribution in [2.24, 2.45) is 27.9 Å². The molecular formula is C18H32N8O8. The highest BCUT2D eigenvalue weighted by molar-refractivity contribution is 5.96. The average Bonchev–Trinajstić information content (AvgIpc) is 2.72. The molecule has 0 rings (SSSR count). The Labute approximate surface area is 194 Å². The van der Waals surface area contributed by atoms with Gasteiger partial charge in [-0.25, -0.2) is 0 Å². The number of carbonyl (C=O) groups excluding carboxylic acids is 4. The quantitative estimate of drug-likeness (QED) is 0.0568. The van der Waals surface area contributed by atoms with Crippen LogP contribution in [0, 0.1) is 0 Å². The smallest absolute Gasteiger partial charge is 0.325 e. The lowest BCUT2D eigenvalue weighted by molar-refractivity contribution is -0.142. The number of nitrogens with zero attached hydrogens (tertiary/aromatic N) is 1. The first-order chi connectivity index (χ1) is 15.7. The normalized spacial score (nSPS) is 13.9. The van der Waals surface area contributed by atoms with Gasteiger partial charge in [0.15, 0.2) is 5.96 Å². The molecule has 4 unspecified atom stereocenters. The molecule has 0 aliphatic carbocycles. The molecule has 0 spiro atoms. The molecule has 4 amide bonds. The largest absolute Gasteiger partial charge is 0.481 e. The van der Waals surface area contributed by atoms with E-state index in [-0.39, 0.29) is 31.8 Å². The van der Waals surface area contributed by atoms with Crippen molar-refractivity contribution in [1.82, 2.24) is 16.0 Å². The van der Waals surface area contributed by atoms with E-state index in [9.17, 15) is 28.8 Å². The molecule has 16 nitrogen and oxygen atoms in total. The highest BCUT2D eigenvalue weighted by atomic mass is 16.4. The predicted molar refractivity (Wildman–Crippen MR) is 118 cm³/mol. The number of hydrogen-bond donors (Lipinski definition) is 9. The summed E-state index contributed by atoms with van der Waals surface area (Å²) < 4.78 is 0. The molecule has 192 valence electrons. The lowest BCUT2D eigenvalue weighted by Gasteiger charge is -2.24. The molecule has 0 bridgehead atoms. The number of hydrogen-bond acceptors (Lipinski definition) is 8. The lowest BCUT2D eigenvalue weighted by Crippen LogP contribution is -2.57. The third-order valence-electron chi connectivity index (χ3n) is 4.35. The molecule has 0 aliphatic heterocycles. The molecule has 0 saturated heterocycles. The lowest BCUT2D eigenvalue weighted by atomic mass is 10.1. The van der Waals surface area contributed by atoms with Crippen LogP contribution in [0.15, 0.2) is 4.99 Å². The number of amides is 4. The molecule has 0 aromatic carbocycles. The number of aliphatic imine (C=N–C) groups is 1. The summed E-state index contributed by atoms with van der Waals surface area (Å²) in [7, 11) is 0. The first-order valence-electron chi connectivity index (χ1n) is 10.2. The monoisotopic (exact) mass is 488 g/mol. The Morgan fingerprint density at radius 2 is 1.41 bits per heavy atom. The Balaban J connectivity index is 5.44. The average molecular weight is 489 g/mol. The molecule has 0 radical (unpaired) electrons. The molecule has 0 aromatic heterocycles. The zero-order valence-electron chi connectivity index (χ0n) is 18.7. The van der Waals surface area contributed by atoms with Crippen molar-refractivity contribution >= 4 is 41.5 Å². The van der Waals surface area contributed by atoms with Crippen molar-refractivity contribution in [3.8, 4) is 0 Å². The van der Waals surface area contributed by atoms with E-state index in [1.54, 1.807) is 0 Å². The Bertz CT molecular complexity index is 799. The molecule has 16 heteroatoms. The number of carbonyl (C=O) groups is 6. The summed E-state index contributed by atoms with van der Waals surface area (Å²) in [4.78, 5) is 74.3. The Kier molecular flexibility index (Phi) is 13.2. The SMILES string of the molecule is CC(NC(=O)C(CCCN=C(N)N)NC(=O)C(CC(N)=O)NC(=O)C(N)CCC(=O)O)C(=O)O. The molecule has 4 atom stereocenters. The Morgan fingerprint density at radius 3 is 1.91 bits per heavy atom. The van der Waals surface area contributed by atoms with E-state index in [2.05, 4.69) is 20.9 Å². The standard InChI is InChI=1S/C18H32N8O8/c1-8(17(33)34)24-15(31)10(3-2-6-23-18(21)22)25-16(32)11(7-12(20)27)26-14(30)9(19)4-5-13(28)29/h8-11H,2-7,19H2,1H3,(H2,20,27)(H,24,31)(H,25,32)(H,26,30)(H,28,29)(H,33,34)(H4,21,22,23). The van der Waals surface area contributed by atoms with Crippen LogP contribution in [0.2, 0.25) is 0 Å². The van der Waals surface area contributed by atoms with Crippen LogP contribution in [-0.2, 0) is 28.8 Å². The van der Waals surface area contributed by atoms with Crippen molar-refractivity contribution in [1.29, 1.82) is 0 Å². The fraction of sp³-hybridized carbons (Fsp3) is 0.611. The second kappa shape index (κ2) is 15.0. The molecule has 0 heterocycles. The minimum Gasteiger partial charge on any atom is -0.481 e. The van der Waals surface area contributed by atoms with Crippen LogP contribution in [0.4, 0.5) is 0 Å². The van der Waals surface area contributed by atoms with E-state index in [4.69, 9.17) is 33.1 Å². The molecular weight excluding hydrogens is 456 g/mol. The zero-order chi connectivity index (χ0) is 26.4. The van der Waals surface area contributed by atoms with Crippen LogP contribution >= 0.6 is 0 Å². The molecule has 0 aliphatic rings. The van der Waals surface area contributed by atoms with E-state index in [1.165, 1.54) is 6.92 Å². The van der Waals surface area contributed by atoms with Gasteiger partial charge < -0.3 is 49.1 Å². The fourth-order valence-electron chi connectivity index (χ4n) is 2.52. The topological polar surface area (TPSA) is 295 Å². The van der Waals surface area contributed by atoms with Gasteiger partial charge in [0, 0.05) is 13.0 Å².